The number of benzene rings is 1. The molecule has 2 fully saturated rings. The van der Waals surface area contributed by atoms with Crippen LogP contribution in [0.4, 0.5) is 0 Å². The summed E-state index contributed by atoms with van der Waals surface area (Å²) in [5, 5.41) is 3.09. The summed E-state index contributed by atoms with van der Waals surface area (Å²) in [5.41, 5.74) is 0.271. The van der Waals surface area contributed by atoms with Gasteiger partial charge < -0.3 is 14.8 Å². The van der Waals surface area contributed by atoms with Gasteiger partial charge in [0.1, 0.15) is 17.1 Å². The number of hydrogen-bond acceptors (Lipinski definition) is 4. The van der Waals surface area contributed by atoms with E-state index in [1.54, 1.807) is 13.2 Å². The van der Waals surface area contributed by atoms with Crippen molar-refractivity contribution in [3.05, 3.63) is 23.8 Å². The lowest BCUT2D eigenvalue weighted by Crippen LogP contribution is -2.57. The van der Waals surface area contributed by atoms with E-state index in [9.17, 15) is 4.79 Å². The van der Waals surface area contributed by atoms with E-state index in [1.807, 2.05) is 12.1 Å². The molecule has 0 radical (unpaired) electrons. The minimum Gasteiger partial charge on any atom is -0.497 e. The van der Waals surface area contributed by atoms with Gasteiger partial charge in [0.25, 0.3) is 5.91 Å². The summed E-state index contributed by atoms with van der Waals surface area (Å²) in [5.74, 6) is 2.15. The maximum Gasteiger partial charge on any atom is 0.255 e. The van der Waals surface area contributed by atoms with Crippen LogP contribution in [-0.4, -0.2) is 49.7 Å². The Hall–Kier alpha value is -1.75. The zero-order chi connectivity index (χ0) is 18.0. The van der Waals surface area contributed by atoms with Crippen LogP contribution in [0.15, 0.2) is 18.2 Å². The van der Waals surface area contributed by atoms with Crippen molar-refractivity contribution in [1.82, 2.24) is 10.2 Å². The Morgan fingerprint density at radius 1 is 1.27 bits per heavy atom. The maximum atomic E-state index is 12.5. The van der Waals surface area contributed by atoms with Crippen molar-refractivity contribution >= 4 is 5.91 Å². The molecule has 4 rings (SSSR count). The van der Waals surface area contributed by atoms with Gasteiger partial charge in [-0.05, 0) is 50.3 Å². The zero-order valence-corrected chi connectivity index (χ0v) is 15.8. The van der Waals surface area contributed by atoms with Gasteiger partial charge in [0.05, 0.1) is 19.2 Å². The number of rotatable bonds is 3. The van der Waals surface area contributed by atoms with Gasteiger partial charge in [-0.15, -0.1) is 0 Å². The second-order valence-corrected chi connectivity index (χ2v) is 8.17. The molecule has 1 spiro atoms. The largest absolute Gasteiger partial charge is 0.497 e. The minimum absolute atomic E-state index is 0.0519. The fraction of sp³-hybridized carbons (Fsp3) is 0.667. The number of fused-ring (bicyclic) bond motifs is 1. The van der Waals surface area contributed by atoms with E-state index in [0.29, 0.717) is 17.9 Å². The zero-order valence-electron chi connectivity index (χ0n) is 15.8. The van der Waals surface area contributed by atoms with E-state index in [2.05, 4.69) is 10.2 Å². The molecule has 26 heavy (non-hydrogen) atoms. The number of nitrogens with one attached hydrogen (secondary N) is 1. The Bertz CT molecular complexity index is 657. The van der Waals surface area contributed by atoms with Gasteiger partial charge in [-0.3, -0.25) is 9.69 Å². The van der Waals surface area contributed by atoms with Gasteiger partial charge in [0, 0.05) is 19.2 Å². The molecule has 3 aliphatic rings. The van der Waals surface area contributed by atoms with Crippen molar-refractivity contribution in [3.8, 4) is 11.5 Å². The summed E-state index contributed by atoms with van der Waals surface area (Å²) in [6.07, 6.45) is 8.97. The predicted octanol–water partition coefficient (Wildman–Crippen LogP) is 3.23. The number of likely N-dealkylation sites (tertiary alicyclic amines) is 1. The second-order valence-electron chi connectivity index (χ2n) is 8.17. The summed E-state index contributed by atoms with van der Waals surface area (Å²) in [6, 6.07) is 5.46. The predicted molar refractivity (Wildman–Crippen MR) is 101 cm³/mol. The molecular weight excluding hydrogens is 328 g/mol. The summed E-state index contributed by atoms with van der Waals surface area (Å²) in [6.45, 7) is 3.77. The number of methoxy groups -OCH3 is 1. The molecule has 1 N–H and O–H groups in total. The van der Waals surface area contributed by atoms with Crippen LogP contribution in [-0.2, 0) is 0 Å². The van der Waals surface area contributed by atoms with Crippen molar-refractivity contribution in [2.24, 2.45) is 5.92 Å². The highest BCUT2D eigenvalue weighted by atomic mass is 16.5. The van der Waals surface area contributed by atoms with E-state index in [0.717, 1.165) is 37.6 Å². The molecular formula is C21H30N2O3. The molecule has 1 unspecified atom stereocenters. The SMILES string of the molecule is COc1ccc2c(c1)OC1(CCCN(CC3CCCCC3)C1)CNC2=O. The van der Waals surface area contributed by atoms with Crippen LogP contribution >= 0.6 is 0 Å². The molecule has 0 aromatic heterocycles. The summed E-state index contributed by atoms with van der Waals surface area (Å²) in [4.78, 5) is 15.1. The summed E-state index contributed by atoms with van der Waals surface area (Å²) in [7, 11) is 1.64. The first-order valence-corrected chi connectivity index (χ1v) is 10.1. The molecule has 1 aromatic rings. The first kappa shape index (κ1) is 17.7. The highest BCUT2D eigenvalue weighted by Gasteiger charge is 2.41. The van der Waals surface area contributed by atoms with Gasteiger partial charge in [0.15, 0.2) is 0 Å². The molecule has 2 aliphatic heterocycles. The Labute approximate surface area is 156 Å². The summed E-state index contributed by atoms with van der Waals surface area (Å²) < 4.78 is 11.8. The smallest absolute Gasteiger partial charge is 0.255 e. The molecule has 1 amide bonds. The molecule has 1 aliphatic carbocycles. The van der Waals surface area contributed by atoms with Gasteiger partial charge in [-0.25, -0.2) is 0 Å². The standard InChI is InChI=1S/C21H30N2O3/c1-25-17-8-9-18-19(12-17)26-21(14-22-20(18)24)10-5-11-23(15-21)13-16-6-3-2-4-7-16/h8-9,12,16H,2-7,10-11,13-15H2,1H3,(H,22,24). The third-order valence-electron chi connectivity index (χ3n) is 6.19. The maximum absolute atomic E-state index is 12.5. The van der Waals surface area contributed by atoms with Crippen LogP contribution in [0.2, 0.25) is 0 Å². The van der Waals surface area contributed by atoms with E-state index < -0.39 is 0 Å². The number of hydrogen-bond donors (Lipinski definition) is 1. The van der Waals surface area contributed by atoms with Crippen molar-refractivity contribution < 1.29 is 14.3 Å². The highest BCUT2D eigenvalue weighted by Crippen LogP contribution is 2.35. The van der Waals surface area contributed by atoms with E-state index in [-0.39, 0.29) is 11.5 Å². The number of ether oxygens (including phenoxy) is 2. The van der Waals surface area contributed by atoms with Crippen LogP contribution in [0.5, 0.6) is 11.5 Å². The molecule has 5 nitrogen and oxygen atoms in total. The molecule has 5 heteroatoms. The van der Waals surface area contributed by atoms with E-state index >= 15 is 0 Å². The minimum atomic E-state index is -0.333. The third kappa shape index (κ3) is 3.68. The number of piperidine rings is 1. The van der Waals surface area contributed by atoms with Crippen molar-refractivity contribution in [2.45, 2.75) is 50.5 Å². The fourth-order valence-corrected chi connectivity index (χ4v) is 4.82. The van der Waals surface area contributed by atoms with E-state index in [4.69, 9.17) is 9.47 Å². The van der Waals surface area contributed by atoms with Crippen LogP contribution < -0.4 is 14.8 Å². The Morgan fingerprint density at radius 2 is 2.12 bits per heavy atom. The molecule has 0 bridgehead atoms. The van der Waals surface area contributed by atoms with E-state index in [1.165, 1.54) is 38.6 Å². The van der Waals surface area contributed by atoms with Crippen LogP contribution in [0, 0.1) is 5.92 Å². The van der Waals surface area contributed by atoms with Crippen LogP contribution in [0.25, 0.3) is 0 Å². The monoisotopic (exact) mass is 358 g/mol. The van der Waals surface area contributed by atoms with Crippen molar-refractivity contribution in [3.63, 3.8) is 0 Å². The lowest BCUT2D eigenvalue weighted by molar-refractivity contribution is -0.0108. The molecule has 2 heterocycles. The number of carbonyl (C=O) groups excluding carboxylic acids is 1. The number of amides is 1. The van der Waals surface area contributed by atoms with Crippen molar-refractivity contribution in [1.29, 1.82) is 0 Å². The Kier molecular flexibility index (Phi) is 5.07. The molecule has 1 saturated carbocycles. The van der Waals surface area contributed by atoms with Gasteiger partial charge in [0.2, 0.25) is 0 Å². The van der Waals surface area contributed by atoms with Crippen molar-refractivity contribution in [2.75, 3.05) is 33.3 Å². The Morgan fingerprint density at radius 3 is 2.92 bits per heavy atom. The molecule has 1 atom stereocenters. The van der Waals surface area contributed by atoms with Crippen LogP contribution in [0.1, 0.15) is 55.3 Å². The highest BCUT2D eigenvalue weighted by molar-refractivity contribution is 5.97. The second kappa shape index (κ2) is 7.47. The van der Waals surface area contributed by atoms with Crippen LogP contribution in [0.3, 0.4) is 0 Å². The first-order valence-electron chi connectivity index (χ1n) is 10.1. The Balaban J connectivity index is 1.52. The fourth-order valence-electron chi connectivity index (χ4n) is 4.82. The average molecular weight is 358 g/mol. The number of carbonyl (C=O) groups is 1. The first-order chi connectivity index (χ1) is 12.7. The lowest BCUT2D eigenvalue weighted by atomic mass is 9.87. The van der Waals surface area contributed by atoms with Gasteiger partial charge in [-0.1, -0.05) is 19.3 Å². The third-order valence-corrected chi connectivity index (χ3v) is 6.19. The lowest BCUT2D eigenvalue weighted by Gasteiger charge is -2.43. The van der Waals surface area contributed by atoms with Gasteiger partial charge >= 0.3 is 0 Å². The normalized spacial score (nSPS) is 27.3. The number of nitrogens with zero attached hydrogens (tertiary/aromatic N) is 1. The summed E-state index contributed by atoms with van der Waals surface area (Å²) >= 11 is 0. The topological polar surface area (TPSA) is 50.8 Å². The quantitative estimate of drug-likeness (QED) is 0.901. The molecule has 1 aromatic carbocycles. The average Bonchev–Trinajstić information content (AvgIpc) is 2.79. The molecule has 1 saturated heterocycles. The molecule has 142 valence electrons. The van der Waals surface area contributed by atoms with Gasteiger partial charge in [-0.2, -0.15) is 0 Å².